The fraction of sp³-hybridized carbons (Fsp3) is 0.647. The molecule has 0 atom stereocenters. The first-order valence-electron chi connectivity index (χ1n) is 8.02. The van der Waals surface area contributed by atoms with E-state index in [-0.39, 0.29) is 10.8 Å². The Labute approximate surface area is 132 Å². The molecule has 0 unspecified atom stereocenters. The lowest BCUT2D eigenvalue weighted by Crippen LogP contribution is -2.35. The summed E-state index contributed by atoms with van der Waals surface area (Å²) >= 11 is 5.77. The van der Waals surface area contributed by atoms with Crippen molar-refractivity contribution >= 4 is 11.6 Å². The monoisotopic (exact) mass is 312 g/mol. The van der Waals surface area contributed by atoms with Crippen LogP contribution in [0.15, 0.2) is 18.2 Å². The molecule has 2 rings (SSSR count). The summed E-state index contributed by atoms with van der Waals surface area (Å²) in [6.07, 6.45) is 7.93. The van der Waals surface area contributed by atoms with Gasteiger partial charge in [-0.3, -0.25) is 0 Å². The van der Waals surface area contributed by atoms with Gasteiger partial charge in [-0.1, -0.05) is 43.0 Å². The summed E-state index contributed by atoms with van der Waals surface area (Å²) in [6, 6.07) is 5.92. The number of nitrogens with zero attached hydrogens (tertiary/aromatic N) is 1. The van der Waals surface area contributed by atoms with Crippen LogP contribution in [0.1, 0.15) is 44.1 Å². The zero-order valence-corrected chi connectivity index (χ0v) is 13.6. The number of benzene rings is 1. The van der Waals surface area contributed by atoms with Crippen LogP contribution in [0.25, 0.3) is 0 Å². The quantitative estimate of drug-likeness (QED) is 0.758. The first-order valence-corrected chi connectivity index (χ1v) is 8.40. The Morgan fingerprint density at radius 3 is 2.81 bits per heavy atom. The molecule has 0 heterocycles. The van der Waals surface area contributed by atoms with Gasteiger partial charge in [0, 0.05) is 18.2 Å². The van der Waals surface area contributed by atoms with Crippen molar-refractivity contribution in [3.63, 3.8) is 0 Å². The van der Waals surface area contributed by atoms with Crippen molar-refractivity contribution in [3.05, 3.63) is 34.6 Å². The highest BCUT2D eigenvalue weighted by Gasteiger charge is 2.17. The van der Waals surface area contributed by atoms with Crippen molar-refractivity contribution in [1.82, 2.24) is 10.2 Å². The number of halogens is 2. The van der Waals surface area contributed by atoms with E-state index >= 15 is 0 Å². The molecule has 0 saturated heterocycles. The van der Waals surface area contributed by atoms with E-state index in [0.717, 1.165) is 25.6 Å². The highest BCUT2D eigenvalue weighted by molar-refractivity contribution is 6.30. The van der Waals surface area contributed by atoms with Gasteiger partial charge < -0.3 is 10.2 Å². The van der Waals surface area contributed by atoms with Crippen molar-refractivity contribution < 1.29 is 4.39 Å². The van der Waals surface area contributed by atoms with Crippen molar-refractivity contribution in [1.29, 1.82) is 0 Å². The summed E-state index contributed by atoms with van der Waals surface area (Å²) in [6.45, 7) is 2.55. The zero-order chi connectivity index (χ0) is 15.1. The van der Waals surface area contributed by atoms with Gasteiger partial charge in [-0.2, -0.15) is 0 Å². The highest BCUT2D eigenvalue weighted by Crippen LogP contribution is 2.21. The molecule has 1 fully saturated rings. The second-order valence-corrected chi connectivity index (χ2v) is 6.42. The fourth-order valence-electron chi connectivity index (χ4n) is 3.07. The summed E-state index contributed by atoms with van der Waals surface area (Å²) in [5, 5.41) is 3.50. The topological polar surface area (TPSA) is 15.3 Å². The third kappa shape index (κ3) is 5.24. The minimum atomic E-state index is -0.300. The Hall–Kier alpha value is -0.640. The van der Waals surface area contributed by atoms with Gasteiger partial charge in [-0.05, 0) is 45.5 Å². The van der Waals surface area contributed by atoms with E-state index in [1.807, 2.05) is 0 Å². The molecule has 0 bridgehead atoms. The lowest BCUT2D eigenvalue weighted by atomic mass is 9.94. The number of hydrogen-bond donors (Lipinski definition) is 1. The normalized spacial score (nSPS) is 16.6. The van der Waals surface area contributed by atoms with Crippen LogP contribution in [-0.2, 0) is 6.54 Å². The average molecular weight is 313 g/mol. The SMILES string of the molecule is CN(CCCNCc1cccc(Cl)c1F)C1CCCCC1. The van der Waals surface area contributed by atoms with E-state index in [4.69, 9.17) is 11.6 Å². The molecule has 0 spiro atoms. The number of rotatable bonds is 7. The van der Waals surface area contributed by atoms with E-state index in [9.17, 15) is 4.39 Å². The predicted molar refractivity (Wildman–Crippen MR) is 87.2 cm³/mol. The Balaban J connectivity index is 1.62. The van der Waals surface area contributed by atoms with Gasteiger partial charge in [0.2, 0.25) is 0 Å². The van der Waals surface area contributed by atoms with Gasteiger partial charge in [0.25, 0.3) is 0 Å². The maximum atomic E-state index is 13.7. The Morgan fingerprint density at radius 1 is 1.29 bits per heavy atom. The second-order valence-electron chi connectivity index (χ2n) is 6.02. The van der Waals surface area contributed by atoms with Crippen LogP contribution in [-0.4, -0.2) is 31.1 Å². The molecule has 1 aliphatic carbocycles. The van der Waals surface area contributed by atoms with Crippen molar-refractivity contribution in [2.45, 2.75) is 51.1 Å². The summed E-state index contributed by atoms with van der Waals surface area (Å²) in [4.78, 5) is 2.49. The fourth-order valence-corrected chi connectivity index (χ4v) is 3.26. The van der Waals surface area contributed by atoms with E-state index in [2.05, 4.69) is 17.3 Å². The third-order valence-corrected chi connectivity index (χ3v) is 4.70. The maximum Gasteiger partial charge on any atom is 0.146 e. The molecule has 1 aromatic rings. The second kappa shape index (κ2) is 8.72. The molecule has 1 aromatic carbocycles. The molecule has 0 aliphatic heterocycles. The van der Waals surface area contributed by atoms with Gasteiger partial charge in [0.1, 0.15) is 5.82 Å². The minimum absolute atomic E-state index is 0.200. The number of nitrogens with one attached hydrogen (secondary N) is 1. The largest absolute Gasteiger partial charge is 0.313 e. The molecule has 1 saturated carbocycles. The average Bonchev–Trinajstić information content (AvgIpc) is 2.51. The zero-order valence-electron chi connectivity index (χ0n) is 12.9. The van der Waals surface area contributed by atoms with Gasteiger partial charge in [-0.25, -0.2) is 4.39 Å². The predicted octanol–water partition coefficient (Wildman–Crippen LogP) is 4.22. The smallest absolute Gasteiger partial charge is 0.146 e. The Morgan fingerprint density at radius 2 is 2.05 bits per heavy atom. The first-order chi connectivity index (χ1) is 10.2. The van der Waals surface area contributed by atoms with Crippen LogP contribution < -0.4 is 5.32 Å². The summed E-state index contributed by atoms with van der Waals surface area (Å²) in [5.41, 5.74) is 0.642. The number of hydrogen-bond acceptors (Lipinski definition) is 2. The minimum Gasteiger partial charge on any atom is -0.313 e. The van der Waals surface area contributed by atoms with E-state index in [0.29, 0.717) is 12.1 Å². The molecule has 0 radical (unpaired) electrons. The Kier molecular flexibility index (Phi) is 6.94. The molecular weight excluding hydrogens is 287 g/mol. The molecular formula is C17H26ClFN2. The molecule has 0 aromatic heterocycles. The van der Waals surface area contributed by atoms with Crippen LogP contribution in [0, 0.1) is 5.82 Å². The summed E-state index contributed by atoms with van der Waals surface area (Å²) in [5.74, 6) is -0.300. The van der Waals surface area contributed by atoms with Gasteiger partial charge in [-0.15, -0.1) is 0 Å². The highest BCUT2D eigenvalue weighted by atomic mass is 35.5. The summed E-state index contributed by atoms with van der Waals surface area (Å²) < 4.78 is 13.7. The van der Waals surface area contributed by atoms with Crippen molar-refractivity contribution in [2.24, 2.45) is 0 Å². The van der Waals surface area contributed by atoms with Gasteiger partial charge in [0.15, 0.2) is 0 Å². The molecule has 1 aliphatic rings. The van der Waals surface area contributed by atoms with E-state index < -0.39 is 0 Å². The van der Waals surface area contributed by atoms with Crippen molar-refractivity contribution in [2.75, 3.05) is 20.1 Å². The van der Waals surface area contributed by atoms with Crippen LogP contribution in [0.3, 0.4) is 0 Å². The first kappa shape index (κ1) is 16.7. The maximum absolute atomic E-state index is 13.7. The van der Waals surface area contributed by atoms with Crippen LogP contribution in [0.4, 0.5) is 4.39 Å². The Bertz CT molecular complexity index is 433. The molecule has 4 heteroatoms. The molecule has 21 heavy (non-hydrogen) atoms. The van der Waals surface area contributed by atoms with Crippen LogP contribution in [0.5, 0.6) is 0 Å². The van der Waals surface area contributed by atoms with E-state index in [1.54, 1.807) is 18.2 Å². The van der Waals surface area contributed by atoms with Crippen LogP contribution >= 0.6 is 11.6 Å². The third-order valence-electron chi connectivity index (χ3n) is 4.41. The van der Waals surface area contributed by atoms with Crippen molar-refractivity contribution in [3.8, 4) is 0 Å². The molecule has 0 amide bonds. The molecule has 2 nitrogen and oxygen atoms in total. The molecule has 1 N–H and O–H groups in total. The lowest BCUT2D eigenvalue weighted by Gasteiger charge is -2.31. The van der Waals surface area contributed by atoms with E-state index in [1.165, 1.54) is 32.1 Å². The standard InChI is InChI=1S/C17H26ClFN2/c1-21(15-8-3-2-4-9-15)12-6-11-20-13-14-7-5-10-16(18)17(14)19/h5,7,10,15,20H,2-4,6,8-9,11-13H2,1H3. The van der Waals surface area contributed by atoms with Crippen LogP contribution in [0.2, 0.25) is 5.02 Å². The molecule has 118 valence electrons. The summed E-state index contributed by atoms with van der Waals surface area (Å²) in [7, 11) is 2.23. The van der Waals surface area contributed by atoms with Gasteiger partial charge >= 0.3 is 0 Å². The van der Waals surface area contributed by atoms with Gasteiger partial charge in [0.05, 0.1) is 5.02 Å². The lowest BCUT2D eigenvalue weighted by molar-refractivity contribution is 0.189.